The fourth-order valence-electron chi connectivity index (χ4n) is 1.19. The maximum Gasteiger partial charge on any atom is 0.118 e. The maximum atomic E-state index is 8.84. The number of hydrogen-bond donors (Lipinski definition) is 3. The number of aliphatic hydroxyl groups is 2. The van der Waals surface area contributed by atoms with Gasteiger partial charge in [0.1, 0.15) is 5.75 Å². The van der Waals surface area contributed by atoms with Crippen LogP contribution in [0.5, 0.6) is 5.75 Å². The van der Waals surface area contributed by atoms with Gasteiger partial charge in [0.05, 0.1) is 26.4 Å². The second-order valence-electron chi connectivity index (χ2n) is 3.29. The summed E-state index contributed by atoms with van der Waals surface area (Å²) in [5, 5.41) is 20.7. The van der Waals surface area contributed by atoms with Crippen molar-refractivity contribution in [3.63, 3.8) is 0 Å². The molecule has 84 valence electrons. The van der Waals surface area contributed by atoms with Gasteiger partial charge in [-0.1, -0.05) is 12.1 Å². The van der Waals surface area contributed by atoms with Gasteiger partial charge in [-0.15, -0.1) is 0 Å². The standard InChI is InChI=1S/C11H17NO3/c1-15-11-4-2-9(3-5-11)6-12-10(7-13)8-14/h2-5,10,12-14H,6-8H2,1H3. The lowest BCUT2D eigenvalue weighted by Gasteiger charge is -2.13. The van der Waals surface area contributed by atoms with E-state index in [1.807, 2.05) is 24.3 Å². The molecule has 0 aliphatic rings. The van der Waals surface area contributed by atoms with Crippen LogP contribution in [0.1, 0.15) is 5.56 Å². The summed E-state index contributed by atoms with van der Waals surface area (Å²) in [7, 11) is 1.63. The van der Waals surface area contributed by atoms with Crippen molar-refractivity contribution in [2.45, 2.75) is 12.6 Å². The van der Waals surface area contributed by atoms with Gasteiger partial charge in [-0.2, -0.15) is 0 Å². The summed E-state index contributed by atoms with van der Waals surface area (Å²) in [6.07, 6.45) is 0. The molecule has 4 nitrogen and oxygen atoms in total. The van der Waals surface area contributed by atoms with Crippen LogP contribution in [-0.4, -0.2) is 36.6 Å². The van der Waals surface area contributed by atoms with Crippen LogP contribution in [0.3, 0.4) is 0 Å². The first-order valence-electron chi connectivity index (χ1n) is 4.88. The highest BCUT2D eigenvalue weighted by atomic mass is 16.5. The average Bonchev–Trinajstić information content (AvgIpc) is 2.31. The summed E-state index contributed by atoms with van der Waals surface area (Å²) >= 11 is 0. The zero-order valence-electron chi connectivity index (χ0n) is 8.81. The van der Waals surface area contributed by atoms with Gasteiger partial charge in [-0.3, -0.25) is 0 Å². The van der Waals surface area contributed by atoms with Gasteiger partial charge < -0.3 is 20.3 Å². The highest BCUT2D eigenvalue weighted by molar-refractivity contribution is 5.27. The fourth-order valence-corrected chi connectivity index (χ4v) is 1.19. The van der Waals surface area contributed by atoms with Crippen LogP contribution in [0.15, 0.2) is 24.3 Å². The molecule has 0 aliphatic carbocycles. The average molecular weight is 211 g/mol. The normalized spacial score (nSPS) is 10.7. The summed E-state index contributed by atoms with van der Waals surface area (Å²) < 4.78 is 5.04. The Morgan fingerprint density at radius 3 is 2.27 bits per heavy atom. The first-order chi connectivity index (χ1) is 7.30. The number of benzene rings is 1. The van der Waals surface area contributed by atoms with Crippen LogP contribution in [-0.2, 0) is 6.54 Å². The van der Waals surface area contributed by atoms with Gasteiger partial charge in [-0.25, -0.2) is 0 Å². The molecule has 1 aromatic carbocycles. The van der Waals surface area contributed by atoms with Crippen LogP contribution >= 0.6 is 0 Å². The highest BCUT2D eigenvalue weighted by Gasteiger charge is 2.03. The predicted octanol–water partition coefficient (Wildman–Crippen LogP) is 0.138. The summed E-state index contributed by atoms with van der Waals surface area (Å²) in [6.45, 7) is 0.495. The Bertz CT molecular complexity index is 270. The Kier molecular flexibility index (Phi) is 5.10. The van der Waals surface area contributed by atoms with Crippen LogP contribution in [0.2, 0.25) is 0 Å². The largest absolute Gasteiger partial charge is 0.497 e. The predicted molar refractivity (Wildman–Crippen MR) is 57.8 cm³/mol. The fraction of sp³-hybridized carbons (Fsp3) is 0.455. The van der Waals surface area contributed by atoms with E-state index >= 15 is 0 Å². The molecule has 1 rings (SSSR count). The zero-order chi connectivity index (χ0) is 11.1. The van der Waals surface area contributed by atoms with Gasteiger partial charge in [0, 0.05) is 6.54 Å². The van der Waals surface area contributed by atoms with Gasteiger partial charge in [0.25, 0.3) is 0 Å². The van der Waals surface area contributed by atoms with E-state index in [0.29, 0.717) is 6.54 Å². The third-order valence-electron chi connectivity index (χ3n) is 2.19. The molecular formula is C11H17NO3. The Balaban J connectivity index is 2.43. The van der Waals surface area contributed by atoms with Crippen molar-refractivity contribution >= 4 is 0 Å². The van der Waals surface area contributed by atoms with Crippen molar-refractivity contribution < 1.29 is 14.9 Å². The molecule has 0 bridgehead atoms. The molecule has 4 heteroatoms. The minimum absolute atomic E-state index is 0.0628. The Hall–Kier alpha value is -1.10. The van der Waals surface area contributed by atoms with Crippen molar-refractivity contribution in [2.75, 3.05) is 20.3 Å². The van der Waals surface area contributed by atoms with Crippen molar-refractivity contribution in [3.8, 4) is 5.75 Å². The summed E-state index contributed by atoms with van der Waals surface area (Å²) in [4.78, 5) is 0. The van der Waals surface area contributed by atoms with E-state index in [9.17, 15) is 0 Å². The summed E-state index contributed by atoms with van der Waals surface area (Å²) in [5.41, 5.74) is 1.09. The minimum atomic E-state index is -0.257. The molecule has 0 radical (unpaired) electrons. The van der Waals surface area contributed by atoms with E-state index in [2.05, 4.69) is 5.32 Å². The van der Waals surface area contributed by atoms with Crippen LogP contribution in [0.4, 0.5) is 0 Å². The van der Waals surface area contributed by atoms with E-state index < -0.39 is 0 Å². The number of hydrogen-bond acceptors (Lipinski definition) is 4. The second kappa shape index (κ2) is 6.40. The molecule has 0 saturated heterocycles. The van der Waals surface area contributed by atoms with Crippen LogP contribution in [0, 0.1) is 0 Å². The highest BCUT2D eigenvalue weighted by Crippen LogP contribution is 2.10. The molecular weight excluding hydrogens is 194 g/mol. The SMILES string of the molecule is COc1ccc(CNC(CO)CO)cc1. The van der Waals surface area contributed by atoms with Gasteiger partial charge in [0.2, 0.25) is 0 Å². The lowest BCUT2D eigenvalue weighted by Crippen LogP contribution is -2.35. The van der Waals surface area contributed by atoms with Crippen molar-refractivity contribution in [3.05, 3.63) is 29.8 Å². The molecule has 0 amide bonds. The molecule has 3 N–H and O–H groups in total. The molecule has 0 aliphatic heterocycles. The Morgan fingerprint density at radius 1 is 1.20 bits per heavy atom. The van der Waals surface area contributed by atoms with Gasteiger partial charge >= 0.3 is 0 Å². The molecule has 0 spiro atoms. The van der Waals surface area contributed by atoms with Gasteiger partial charge in [-0.05, 0) is 17.7 Å². The molecule has 1 aromatic rings. The quantitative estimate of drug-likeness (QED) is 0.626. The number of rotatable bonds is 6. The molecule has 0 saturated carbocycles. The first-order valence-corrected chi connectivity index (χ1v) is 4.88. The molecule has 0 atom stereocenters. The van der Waals surface area contributed by atoms with E-state index in [0.717, 1.165) is 11.3 Å². The molecule has 0 unspecified atom stereocenters. The number of ether oxygens (including phenoxy) is 1. The second-order valence-corrected chi connectivity index (χ2v) is 3.29. The number of aliphatic hydroxyl groups excluding tert-OH is 2. The van der Waals surface area contributed by atoms with Crippen molar-refractivity contribution in [1.29, 1.82) is 0 Å². The van der Waals surface area contributed by atoms with Gasteiger partial charge in [0.15, 0.2) is 0 Å². The monoisotopic (exact) mass is 211 g/mol. The Morgan fingerprint density at radius 2 is 1.80 bits per heavy atom. The van der Waals surface area contributed by atoms with E-state index in [-0.39, 0.29) is 19.3 Å². The van der Waals surface area contributed by atoms with E-state index in [1.165, 1.54) is 0 Å². The lowest BCUT2D eigenvalue weighted by atomic mass is 10.2. The van der Waals surface area contributed by atoms with Crippen molar-refractivity contribution in [1.82, 2.24) is 5.32 Å². The molecule has 0 aromatic heterocycles. The lowest BCUT2D eigenvalue weighted by molar-refractivity contribution is 0.170. The zero-order valence-corrected chi connectivity index (χ0v) is 8.81. The topological polar surface area (TPSA) is 61.7 Å². The van der Waals surface area contributed by atoms with E-state index in [1.54, 1.807) is 7.11 Å². The van der Waals surface area contributed by atoms with Crippen LogP contribution < -0.4 is 10.1 Å². The summed E-state index contributed by atoms with van der Waals surface area (Å²) in [5.74, 6) is 0.819. The summed E-state index contributed by atoms with van der Waals surface area (Å²) in [6, 6.07) is 7.38. The third-order valence-corrected chi connectivity index (χ3v) is 2.19. The molecule has 15 heavy (non-hydrogen) atoms. The van der Waals surface area contributed by atoms with Crippen LogP contribution in [0.25, 0.3) is 0 Å². The minimum Gasteiger partial charge on any atom is -0.497 e. The van der Waals surface area contributed by atoms with Crippen molar-refractivity contribution in [2.24, 2.45) is 0 Å². The first kappa shape index (κ1) is 12.0. The Labute approximate surface area is 89.5 Å². The smallest absolute Gasteiger partial charge is 0.118 e. The number of methoxy groups -OCH3 is 1. The van der Waals surface area contributed by atoms with E-state index in [4.69, 9.17) is 14.9 Å². The molecule has 0 heterocycles. The third kappa shape index (κ3) is 3.87. The molecule has 0 fully saturated rings. The number of nitrogens with one attached hydrogen (secondary N) is 1. The maximum absolute atomic E-state index is 8.84.